The van der Waals surface area contributed by atoms with Gasteiger partial charge in [-0.1, -0.05) is 6.07 Å². The topological polar surface area (TPSA) is 72.1 Å². The predicted octanol–water partition coefficient (Wildman–Crippen LogP) is 1.65. The van der Waals surface area contributed by atoms with Crippen molar-refractivity contribution >= 4 is 17.3 Å². The maximum Gasteiger partial charge on any atom is 0.259 e. The van der Waals surface area contributed by atoms with E-state index < -0.39 is 0 Å². The van der Waals surface area contributed by atoms with Crippen molar-refractivity contribution in [1.82, 2.24) is 10.2 Å². The van der Waals surface area contributed by atoms with Crippen LogP contribution in [0.1, 0.15) is 22.3 Å². The quantitative estimate of drug-likeness (QED) is 0.785. The van der Waals surface area contributed by atoms with E-state index in [1.807, 2.05) is 18.2 Å². The van der Waals surface area contributed by atoms with Gasteiger partial charge in [-0.15, -0.1) is 0 Å². The van der Waals surface area contributed by atoms with Gasteiger partial charge in [0.05, 0.1) is 18.0 Å². The molecule has 96 valence electrons. The number of anilines is 2. The van der Waals surface area contributed by atoms with Crippen LogP contribution in [0.4, 0.5) is 11.4 Å². The van der Waals surface area contributed by atoms with Crippen LogP contribution in [0.2, 0.25) is 0 Å². The monoisotopic (exact) mass is 254 g/mol. The maximum absolute atomic E-state index is 12.5. The van der Waals surface area contributed by atoms with Gasteiger partial charge in [0.15, 0.2) is 0 Å². The maximum atomic E-state index is 12.5. The van der Waals surface area contributed by atoms with Crippen LogP contribution in [0.5, 0.6) is 0 Å². The van der Waals surface area contributed by atoms with E-state index in [1.54, 1.807) is 11.0 Å². The first-order valence-electron chi connectivity index (χ1n) is 6.23. The summed E-state index contributed by atoms with van der Waals surface area (Å²) in [5.41, 5.74) is 9.25. The molecule has 1 aromatic heterocycles. The van der Waals surface area contributed by atoms with E-state index in [0.717, 1.165) is 29.8 Å². The number of hydrogen-bond donors (Lipinski definition) is 1. The highest BCUT2D eigenvalue weighted by Crippen LogP contribution is 2.32. The molecule has 0 spiro atoms. The molecular formula is C14H14N4O. The summed E-state index contributed by atoms with van der Waals surface area (Å²) in [4.78, 5) is 14.3. The van der Waals surface area contributed by atoms with Crippen molar-refractivity contribution in [3.63, 3.8) is 0 Å². The smallest absolute Gasteiger partial charge is 0.259 e. The molecule has 0 saturated heterocycles. The number of nitrogens with two attached hydrogens (primary N) is 1. The lowest BCUT2D eigenvalue weighted by Gasteiger charge is -2.30. The van der Waals surface area contributed by atoms with E-state index >= 15 is 0 Å². The second kappa shape index (κ2) is 4.68. The number of hydrogen-bond acceptors (Lipinski definition) is 4. The first kappa shape index (κ1) is 11.6. The van der Waals surface area contributed by atoms with E-state index in [2.05, 4.69) is 10.2 Å². The fourth-order valence-electron chi connectivity index (χ4n) is 2.44. The zero-order valence-electron chi connectivity index (χ0n) is 10.4. The first-order valence-corrected chi connectivity index (χ1v) is 6.23. The Labute approximate surface area is 111 Å². The van der Waals surface area contributed by atoms with Crippen LogP contribution in [0.3, 0.4) is 0 Å². The number of nitrogens with zero attached hydrogens (tertiary/aromatic N) is 3. The largest absolute Gasteiger partial charge is 0.398 e. The first-order chi connectivity index (χ1) is 9.27. The number of aromatic nitrogens is 2. The molecule has 0 aliphatic carbocycles. The summed E-state index contributed by atoms with van der Waals surface area (Å²) < 4.78 is 0. The Bertz CT molecular complexity index is 612. The molecule has 19 heavy (non-hydrogen) atoms. The molecule has 0 bridgehead atoms. The van der Waals surface area contributed by atoms with Crippen molar-refractivity contribution in [3.05, 3.63) is 47.8 Å². The minimum absolute atomic E-state index is 0.0542. The highest BCUT2D eigenvalue weighted by molar-refractivity contribution is 6.06. The normalized spacial score (nSPS) is 14.0. The van der Waals surface area contributed by atoms with Crippen molar-refractivity contribution < 1.29 is 4.79 Å². The molecule has 1 aliphatic heterocycles. The number of fused-ring (bicyclic) bond motifs is 1. The Morgan fingerprint density at radius 1 is 1.26 bits per heavy atom. The number of benzene rings is 1. The Kier molecular flexibility index (Phi) is 2.87. The Hall–Kier alpha value is -2.43. The molecular weight excluding hydrogens is 240 g/mol. The van der Waals surface area contributed by atoms with Crippen LogP contribution in [0.15, 0.2) is 36.7 Å². The van der Waals surface area contributed by atoms with Gasteiger partial charge in [-0.3, -0.25) is 4.79 Å². The van der Waals surface area contributed by atoms with Crippen LogP contribution in [-0.2, 0) is 6.42 Å². The average Bonchev–Trinajstić information content (AvgIpc) is 2.47. The summed E-state index contributed by atoms with van der Waals surface area (Å²) in [6.45, 7) is 0.706. The molecule has 1 aromatic carbocycles. The molecule has 2 aromatic rings. The van der Waals surface area contributed by atoms with Gasteiger partial charge in [0, 0.05) is 17.9 Å². The summed E-state index contributed by atoms with van der Waals surface area (Å²) >= 11 is 0. The standard InChI is InChI=1S/C14H14N4O/c15-12-4-1-5-13-11(12)3-2-8-18(13)14(19)10-6-7-16-17-9-10/h1,4-7,9H,2-3,8,15H2. The van der Waals surface area contributed by atoms with Crippen LogP contribution in [0.25, 0.3) is 0 Å². The molecule has 5 nitrogen and oxygen atoms in total. The van der Waals surface area contributed by atoms with E-state index in [9.17, 15) is 4.79 Å². The molecule has 1 amide bonds. The zero-order valence-corrected chi connectivity index (χ0v) is 10.4. The second-order valence-electron chi connectivity index (χ2n) is 4.54. The molecule has 0 radical (unpaired) electrons. The van der Waals surface area contributed by atoms with Crippen molar-refractivity contribution in [2.45, 2.75) is 12.8 Å². The summed E-state index contributed by atoms with van der Waals surface area (Å²) in [5.74, 6) is -0.0542. The predicted molar refractivity (Wildman–Crippen MR) is 72.9 cm³/mol. The lowest BCUT2D eigenvalue weighted by molar-refractivity contribution is 0.0984. The minimum Gasteiger partial charge on any atom is -0.398 e. The van der Waals surface area contributed by atoms with Crippen molar-refractivity contribution in [2.24, 2.45) is 0 Å². The molecule has 0 saturated carbocycles. The van der Waals surface area contributed by atoms with E-state index in [1.165, 1.54) is 12.4 Å². The molecule has 1 aliphatic rings. The highest BCUT2D eigenvalue weighted by Gasteiger charge is 2.24. The minimum atomic E-state index is -0.0542. The zero-order chi connectivity index (χ0) is 13.2. The summed E-state index contributed by atoms with van der Waals surface area (Å²) in [6, 6.07) is 7.37. The molecule has 2 heterocycles. The molecule has 0 atom stereocenters. The number of nitrogen functional groups attached to an aromatic ring is 1. The second-order valence-corrected chi connectivity index (χ2v) is 4.54. The number of rotatable bonds is 1. The molecule has 0 fully saturated rings. The number of carbonyl (C=O) groups excluding carboxylic acids is 1. The van der Waals surface area contributed by atoms with Crippen LogP contribution in [0, 0.1) is 0 Å². The average molecular weight is 254 g/mol. The molecule has 0 unspecified atom stereocenters. The number of amides is 1. The van der Waals surface area contributed by atoms with Gasteiger partial charge < -0.3 is 10.6 Å². The van der Waals surface area contributed by atoms with Crippen molar-refractivity contribution in [1.29, 1.82) is 0 Å². The molecule has 2 N–H and O–H groups in total. The Morgan fingerprint density at radius 3 is 2.95 bits per heavy atom. The van der Waals surface area contributed by atoms with Gasteiger partial charge in [-0.25, -0.2) is 0 Å². The third kappa shape index (κ3) is 2.03. The van der Waals surface area contributed by atoms with Crippen molar-refractivity contribution in [3.8, 4) is 0 Å². The number of carbonyl (C=O) groups is 1. The van der Waals surface area contributed by atoms with Crippen LogP contribution >= 0.6 is 0 Å². The van der Waals surface area contributed by atoms with Gasteiger partial charge in [0.2, 0.25) is 0 Å². The summed E-state index contributed by atoms with van der Waals surface area (Å²) in [6.07, 6.45) is 4.85. The van der Waals surface area contributed by atoms with Gasteiger partial charge in [-0.2, -0.15) is 10.2 Å². The fraction of sp³-hybridized carbons (Fsp3) is 0.214. The SMILES string of the molecule is Nc1cccc2c1CCCN2C(=O)c1ccnnc1. The molecule has 5 heteroatoms. The summed E-state index contributed by atoms with van der Waals surface area (Å²) in [7, 11) is 0. The van der Waals surface area contributed by atoms with Crippen molar-refractivity contribution in [2.75, 3.05) is 17.2 Å². The fourth-order valence-corrected chi connectivity index (χ4v) is 2.44. The van der Waals surface area contributed by atoms with E-state index in [4.69, 9.17) is 5.73 Å². The van der Waals surface area contributed by atoms with E-state index in [-0.39, 0.29) is 5.91 Å². The highest BCUT2D eigenvalue weighted by atomic mass is 16.2. The third-order valence-corrected chi connectivity index (χ3v) is 3.36. The third-order valence-electron chi connectivity index (χ3n) is 3.36. The Morgan fingerprint density at radius 2 is 2.16 bits per heavy atom. The van der Waals surface area contributed by atoms with Crippen LogP contribution in [-0.4, -0.2) is 22.6 Å². The van der Waals surface area contributed by atoms with Gasteiger partial charge in [0.25, 0.3) is 5.91 Å². The van der Waals surface area contributed by atoms with Gasteiger partial charge in [-0.05, 0) is 36.6 Å². The Balaban J connectivity index is 2.01. The lowest BCUT2D eigenvalue weighted by atomic mass is 9.99. The molecule has 3 rings (SSSR count). The lowest BCUT2D eigenvalue weighted by Crippen LogP contribution is -2.35. The summed E-state index contributed by atoms with van der Waals surface area (Å²) in [5, 5.41) is 7.44. The van der Waals surface area contributed by atoms with Gasteiger partial charge in [0.1, 0.15) is 0 Å². The van der Waals surface area contributed by atoms with Gasteiger partial charge >= 0.3 is 0 Å². The van der Waals surface area contributed by atoms with E-state index in [0.29, 0.717) is 12.1 Å². The van der Waals surface area contributed by atoms with Crippen LogP contribution < -0.4 is 10.6 Å².